The molecule has 2 heterocycles. The highest BCUT2D eigenvalue weighted by atomic mass is 32.2. The van der Waals surface area contributed by atoms with Crippen LogP contribution in [-0.2, 0) is 54.0 Å². The Kier molecular flexibility index (Phi) is 11.6. The molecule has 3 aromatic rings. The summed E-state index contributed by atoms with van der Waals surface area (Å²) < 4.78 is 44.1. The molecule has 0 saturated heterocycles. The Bertz CT molecular complexity index is 1310. The maximum atomic E-state index is 13.0. The molecule has 1 aromatic carbocycles. The number of esters is 2. The van der Waals surface area contributed by atoms with E-state index in [-0.39, 0.29) is 12.5 Å². The number of carbonyl (C=O) groups is 2. The molecule has 1 atom stereocenters. The van der Waals surface area contributed by atoms with Gasteiger partial charge in [0, 0.05) is 18.7 Å². The molecule has 16 nitrogen and oxygen atoms in total. The summed E-state index contributed by atoms with van der Waals surface area (Å²) >= 11 is 1.36. The van der Waals surface area contributed by atoms with Crippen molar-refractivity contribution < 1.29 is 52.2 Å². The number of nitrogens with two attached hydrogens (primary N) is 1. The molecule has 0 spiro atoms. The van der Waals surface area contributed by atoms with Gasteiger partial charge in [-0.1, -0.05) is 11.8 Å². The lowest BCUT2D eigenvalue weighted by Crippen LogP contribution is -2.19. The molecule has 2 N–H and O–H groups in total. The van der Waals surface area contributed by atoms with Crippen molar-refractivity contribution in [2.45, 2.75) is 43.3 Å². The second-order valence-corrected chi connectivity index (χ2v) is 10.7. The van der Waals surface area contributed by atoms with Gasteiger partial charge in [-0.2, -0.15) is 14.8 Å². The maximum absolute atomic E-state index is 13.0. The highest BCUT2D eigenvalue weighted by molar-refractivity contribution is 7.99. The maximum Gasteiger partial charge on any atom is 0.409 e. The molecule has 0 amide bonds. The van der Waals surface area contributed by atoms with E-state index >= 15 is 0 Å². The standard InChI is InChI=1S/C22H28N5O11PS/c1-14(34-13-39(30,37-35-11-32-15(2)28)38-36-12-33-16(3)29)9-27-10-24-19-20(27)25-22(23)26-21(19)40-18-7-5-17(31-4)6-8-18/h5-8,10,14H,9,11-13H2,1-4H3,(H2,23,25,26). The van der Waals surface area contributed by atoms with Gasteiger partial charge in [-0.15, -0.1) is 9.35 Å². The summed E-state index contributed by atoms with van der Waals surface area (Å²) in [6, 6.07) is 7.43. The number of imidazole rings is 1. The highest BCUT2D eigenvalue weighted by Crippen LogP contribution is 2.49. The van der Waals surface area contributed by atoms with Gasteiger partial charge in [0.25, 0.3) is 0 Å². The van der Waals surface area contributed by atoms with Gasteiger partial charge in [-0.3, -0.25) is 14.2 Å². The van der Waals surface area contributed by atoms with Crippen LogP contribution in [0, 0.1) is 0 Å². The van der Waals surface area contributed by atoms with Gasteiger partial charge in [-0.25, -0.2) is 9.97 Å². The zero-order valence-corrected chi connectivity index (χ0v) is 23.7. The molecule has 3 rings (SSSR count). The van der Waals surface area contributed by atoms with Gasteiger partial charge in [0.2, 0.25) is 19.5 Å². The second-order valence-electron chi connectivity index (χ2n) is 7.84. The lowest BCUT2D eigenvalue weighted by atomic mass is 10.3. The minimum absolute atomic E-state index is 0.0555. The topological polar surface area (TPSA) is 195 Å². The first kappa shape index (κ1) is 31.2. The number of aromatic nitrogens is 4. The van der Waals surface area contributed by atoms with Crippen LogP contribution in [-0.4, -0.2) is 64.6 Å². The molecule has 218 valence electrons. The SMILES string of the molecule is COc1ccc(Sc2nc(N)nc3c2ncn3CC(C)OCP(=O)(OOCOC(C)=O)OOCOC(C)=O)cc1. The van der Waals surface area contributed by atoms with Crippen LogP contribution >= 0.6 is 19.4 Å². The van der Waals surface area contributed by atoms with Gasteiger partial charge in [0.15, 0.2) is 12.0 Å². The van der Waals surface area contributed by atoms with Crippen molar-refractivity contribution in [2.75, 3.05) is 32.8 Å². The number of hydrogen-bond donors (Lipinski definition) is 1. The predicted octanol–water partition coefficient (Wildman–Crippen LogP) is 3.06. The molecular weight excluding hydrogens is 573 g/mol. The van der Waals surface area contributed by atoms with E-state index in [4.69, 9.17) is 24.6 Å². The molecule has 0 bridgehead atoms. The van der Waals surface area contributed by atoms with Crippen LogP contribution in [0.25, 0.3) is 11.2 Å². The van der Waals surface area contributed by atoms with E-state index in [1.165, 1.54) is 11.8 Å². The lowest BCUT2D eigenvalue weighted by molar-refractivity contribution is -0.310. The van der Waals surface area contributed by atoms with Crippen molar-refractivity contribution in [3.8, 4) is 5.75 Å². The van der Waals surface area contributed by atoms with E-state index in [1.54, 1.807) is 24.9 Å². The fourth-order valence-corrected chi connectivity index (χ4v) is 4.75. The fourth-order valence-electron chi connectivity index (χ4n) is 2.92. The van der Waals surface area contributed by atoms with Gasteiger partial charge in [0.05, 0.1) is 26.1 Å². The summed E-state index contributed by atoms with van der Waals surface area (Å²) in [5.74, 6) is -0.530. The van der Waals surface area contributed by atoms with Crippen molar-refractivity contribution in [1.29, 1.82) is 0 Å². The Labute approximate surface area is 232 Å². The van der Waals surface area contributed by atoms with E-state index in [2.05, 4.69) is 34.2 Å². The van der Waals surface area contributed by atoms with Crippen molar-refractivity contribution in [1.82, 2.24) is 19.5 Å². The van der Waals surface area contributed by atoms with Crippen molar-refractivity contribution >= 4 is 48.4 Å². The van der Waals surface area contributed by atoms with Gasteiger partial charge < -0.3 is 29.2 Å². The van der Waals surface area contributed by atoms with Crippen LogP contribution in [0.3, 0.4) is 0 Å². The van der Waals surface area contributed by atoms with Gasteiger partial charge in [-0.05, 0) is 31.2 Å². The molecule has 0 aliphatic rings. The first-order valence-electron chi connectivity index (χ1n) is 11.5. The summed E-state index contributed by atoms with van der Waals surface area (Å²) in [5, 5.41) is 0.557. The van der Waals surface area contributed by atoms with Crippen LogP contribution in [0.15, 0.2) is 40.5 Å². The van der Waals surface area contributed by atoms with E-state index in [0.29, 0.717) is 16.2 Å². The van der Waals surface area contributed by atoms with Crippen LogP contribution < -0.4 is 10.5 Å². The molecule has 0 fully saturated rings. The largest absolute Gasteiger partial charge is 0.497 e. The molecule has 18 heteroatoms. The number of methoxy groups -OCH3 is 1. The van der Waals surface area contributed by atoms with E-state index < -0.39 is 45.6 Å². The van der Waals surface area contributed by atoms with Crippen LogP contribution in [0.4, 0.5) is 5.95 Å². The average Bonchev–Trinajstić information content (AvgIpc) is 3.30. The summed E-state index contributed by atoms with van der Waals surface area (Å²) in [6.07, 6.45) is 0.318. The molecule has 0 aliphatic carbocycles. The number of carbonyl (C=O) groups excluding carboxylic acids is 2. The number of benzene rings is 1. The van der Waals surface area contributed by atoms with Crippen molar-refractivity contribution in [2.24, 2.45) is 0 Å². The number of nitrogens with zero attached hydrogens (tertiary/aromatic N) is 4. The van der Waals surface area contributed by atoms with Crippen molar-refractivity contribution in [3.05, 3.63) is 30.6 Å². The van der Waals surface area contributed by atoms with Gasteiger partial charge >= 0.3 is 19.5 Å². The minimum Gasteiger partial charge on any atom is -0.497 e. The molecule has 0 radical (unpaired) electrons. The summed E-state index contributed by atoms with van der Waals surface area (Å²) in [5.41, 5.74) is 6.95. The van der Waals surface area contributed by atoms with Crippen molar-refractivity contribution in [3.63, 3.8) is 0 Å². The van der Waals surface area contributed by atoms with Crippen LogP contribution in [0.2, 0.25) is 0 Å². The van der Waals surface area contributed by atoms with E-state index in [1.807, 2.05) is 24.3 Å². The number of nitrogen functional groups attached to an aromatic ring is 1. The Balaban J connectivity index is 1.65. The Morgan fingerprint density at radius 1 is 1.05 bits per heavy atom. The smallest absolute Gasteiger partial charge is 0.409 e. The quantitative estimate of drug-likeness (QED) is 0.0478. The van der Waals surface area contributed by atoms with Crippen LogP contribution in [0.5, 0.6) is 5.75 Å². The average molecular weight is 602 g/mol. The molecule has 0 aliphatic heterocycles. The summed E-state index contributed by atoms with van der Waals surface area (Å²) in [7, 11) is -2.63. The fraction of sp³-hybridized carbons (Fsp3) is 0.409. The zero-order chi connectivity index (χ0) is 29.1. The zero-order valence-electron chi connectivity index (χ0n) is 22.0. The molecule has 2 aromatic heterocycles. The first-order chi connectivity index (χ1) is 19.1. The first-order valence-corrected chi connectivity index (χ1v) is 14.0. The predicted molar refractivity (Wildman–Crippen MR) is 137 cm³/mol. The van der Waals surface area contributed by atoms with E-state index in [9.17, 15) is 14.2 Å². The third-order valence-electron chi connectivity index (χ3n) is 4.65. The minimum atomic E-state index is -4.22. The summed E-state index contributed by atoms with van der Waals surface area (Å²) in [4.78, 5) is 44.9. The normalized spacial score (nSPS) is 12.3. The molecular formula is C22H28N5O11PS. The van der Waals surface area contributed by atoms with Crippen LogP contribution in [0.1, 0.15) is 20.8 Å². The second kappa shape index (κ2) is 14.9. The third kappa shape index (κ3) is 9.71. The molecule has 40 heavy (non-hydrogen) atoms. The summed E-state index contributed by atoms with van der Waals surface area (Å²) in [6.45, 7) is 2.86. The monoisotopic (exact) mass is 601 g/mol. The Morgan fingerprint density at radius 2 is 1.68 bits per heavy atom. The Morgan fingerprint density at radius 3 is 2.25 bits per heavy atom. The number of ether oxygens (including phenoxy) is 4. The lowest BCUT2D eigenvalue weighted by Gasteiger charge is -2.19. The van der Waals surface area contributed by atoms with E-state index in [0.717, 1.165) is 24.5 Å². The number of hydrogen-bond acceptors (Lipinski definition) is 16. The van der Waals surface area contributed by atoms with Gasteiger partial charge in [0.1, 0.15) is 16.3 Å². The third-order valence-corrected chi connectivity index (χ3v) is 6.76. The highest BCUT2D eigenvalue weighted by Gasteiger charge is 2.30. The Hall–Kier alpha value is -3.31. The molecule has 0 saturated carbocycles. The molecule has 1 unspecified atom stereocenters. The number of fused-ring (bicyclic) bond motifs is 1. The number of rotatable bonds is 16. The number of anilines is 1.